The number of carbonyl (C=O) groups excluding carboxylic acids is 1. The standard InChI is InChI=1S/C28H34N2O4S/c31-26(29-19-21-6-8-25(9-7-21)35(32,33)30-10-12-34-13-11-30)28-17-22-14-23(18-28)16-27(15-22,20-28)24-4-2-1-3-5-24/h1-9,22-23H,10-20H2,(H,29,31)/t22-,23-,27?,28?/m0/s1. The largest absolute Gasteiger partial charge is 0.379 e. The molecule has 0 radical (unpaired) electrons. The Hall–Kier alpha value is -2.22. The molecule has 0 spiro atoms. The second kappa shape index (κ2) is 8.71. The zero-order chi connectivity index (χ0) is 24.1. The van der Waals surface area contributed by atoms with E-state index in [2.05, 4.69) is 35.6 Å². The SMILES string of the molecule is O=C(NCc1ccc(S(=O)(=O)N2CCOCC2)cc1)C12C[C@H]3C[C@H](C1)CC(c1ccccc1)(C3)C2. The number of rotatable bonds is 6. The predicted octanol–water partition coefficient (Wildman–Crippen LogP) is 3.86. The average Bonchev–Trinajstić information content (AvgIpc) is 2.88. The second-order valence-corrected chi connectivity index (χ2v) is 13.2. The van der Waals surface area contributed by atoms with Crippen molar-refractivity contribution in [1.29, 1.82) is 0 Å². The molecule has 1 amide bonds. The number of amides is 1. The van der Waals surface area contributed by atoms with Crippen LogP contribution < -0.4 is 5.32 Å². The molecule has 35 heavy (non-hydrogen) atoms. The van der Waals surface area contributed by atoms with Gasteiger partial charge >= 0.3 is 0 Å². The Morgan fingerprint density at radius 1 is 0.943 bits per heavy atom. The van der Waals surface area contributed by atoms with Crippen molar-refractivity contribution >= 4 is 15.9 Å². The molecule has 4 aliphatic carbocycles. The van der Waals surface area contributed by atoms with Gasteiger partial charge in [-0.1, -0.05) is 42.5 Å². The van der Waals surface area contributed by atoms with Crippen molar-refractivity contribution in [3.8, 4) is 0 Å². The normalized spacial score (nSPS) is 32.5. The summed E-state index contributed by atoms with van der Waals surface area (Å²) >= 11 is 0. The highest BCUT2D eigenvalue weighted by Crippen LogP contribution is 2.65. The molecule has 4 bridgehead atoms. The van der Waals surface area contributed by atoms with Gasteiger partial charge < -0.3 is 10.1 Å². The van der Waals surface area contributed by atoms with Crippen molar-refractivity contribution in [3.05, 3.63) is 65.7 Å². The molecular weight excluding hydrogens is 460 g/mol. The highest BCUT2D eigenvalue weighted by molar-refractivity contribution is 7.89. The fourth-order valence-electron chi connectivity index (χ4n) is 7.74. The molecule has 2 aromatic rings. The number of morpholine rings is 1. The predicted molar refractivity (Wildman–Crippen MR) is 133 cm³/mol. The molecular formula is C28H34N2O4S. The number of nitrogens with one attached hydrogen (secondary N) is 1. The smallest absolute Gasteiger partial charge is 0.243 e. The second-order valence-electron chi connectivity index (χ2n) is 11.2. The summed E-state index contributed by atoms with van der Waals surface area (Å²) in [4.78, 5) is 13.9. The Morgan fingerprint density at radius 2 is 1.60 bits per heavy atom. The number of benzene rings is 2. The number of hydrogen-bond donors (Lipinski definition) is 1. The van der Waals surface area contributed by atoms with Gasteiger partial charge in [0.15, 0.2) is 0 Å². The Labute approximate surface area is 208 Å². The first-order valence-electron chi connectivity index (χ1n) is 12.9. The van der Waals surface area contributed by atoms with Gasteiger partial charge in [-0.15, -0.1) is 0 Å². The van der Waals surface area contributed by atoms with E-state index in [9.17, 15) is 13.2 Å². The highest BCUT2D eigenvalue weighted by atomic mass is 32.2. The first kappa shape index (κ1) is 23.2. The lowest BCUT2D eigenvalue weighted by Crippen LogP contribution is -2.59. The fraction of sp³-hybridized carbons (Fsp3) is 0.536. The van der Waals surface area contributed by atoms with Gasteiger partial charge in [-0.2, -0.15) is 4.31 Å². The fourth-order valence-corrected chi connectivity index (χ4v) is 9.15. The molecule has 1 heterocycles. The number of carbonyl (C=O) groups is 1. The first-order chi connectivity index (χ1) is 16.9. The maximum atomic E-state index is 13.7. The topological polar surface area (TPSA) is 75.7 Å². The zero-order valence-corrected chi connectivity index (χ0v) is 20.9. The van der Waals surface area contributed by atoms with Crippen molar-refractivity contribution in [1.82, 2.24) is 9.62 Å². The van der Waals surface area contributed by atoms with E-state index < -0.39 is 10.0 Å². The molecule has 4 saturated carbocycles. The van der Waals surface area contributed by atoms with Gasteiger partial charge in [0, 0.05) is 19.6 Å². The van der Waals surface area contributed by atoms with E-state index in [0.29, 0.717) is 49.6 Å². The van der Waals surface area contributed by atoms with E-state index in [0.717, 1.165) is 24.8 Å². The van der Waals surface area contributed by atoms with E-state index >= 15 is 0 Å². The van der Waals surface area contributed by atoms with Crippen LogP contribution in [-0.4, -0.2) is 44.9 Å². The van der Waals surface area contributed by atoms with Crippen LogP contribution in [0.4, 0.5) is 0 Å². The number of sulfonamides is 1. The molecule has 2 aromatic carbocycles. The molecule has 2 atom stereocenters. The molecule has 1 saturated heterocycles. The van der Waals surface area contributed by atoms with E-state index in [-0.39, 0.29) is 16.7 Å². The molecule has 5 aliphatic rings. The lowest BCUT2D eigenvalue weighted by Gasteiger charge is -2.61. The molecule has 186 valence electrons. The summed E-state index contributed by atoms with van der Waals surface area (Å²) in [7, 11) is -3.51. The molecule has 7 rings (SSSR count). The summed E-state index contributed by atoms with van der Waals surface area (Å²) in [5, 5.41) is 3.23. The summed E-state index contributed by atoms with van der Waals surface area (Å²) < 4.78 is 32.5. The Bertz CT molecular complexity index is 1180. The number of ether oxygens (including phenoxy) is 1. The van der Waals surface area contributed by atoms with Gasteiger partial charge in [0.25, 0.3) is 0 Å². The summed E-state index contributed by atoms with van der Waals surface area (Å²) in [5.74, 6) is 1.44. The van der Waals surface area contributed by atoms with Crippen LogP contribution in [0.5, 0.6) is 0 Å². The molecule has 0 unspecified atom stereocenters. The van der Waals surface area contributed by atoms with E-state index in [4.69, 9.17) is 4.74 Å². The molecule has 5 fully saturated rings. The minimum atomic E-state index is -3.51. The van der Waals surface area contributed by atoms with Crippen LogP contribution in [0.25, 0.3) is 0 Å². The summed E-state index contributed by atoms with van der Waals surface area (Å²) in [6.45, 7) is 2.05. The maximum Gasteiger partial charge on any atom is 0.243 e. The number of nitrogens with zero attached hydrogens (tertiary/aromatic N) is 1. The van der Waals surface area contributed by atoms with Gasteiger partial charge in [0.1, 0.15) is 0 Å². The quantitative estimate of drug-likeness (QED) is 0.662. The summed E-state index contributed by atoms with van der Waals surface area (Å²) in [6, 6.07) is 17.8. The van der Waals surface area contributed by atoms with E-state index in [1.54, 1.807) is 12.1 Å². The minimum absolute atomic E-state index is 0.137. The minimum Gasteiger partial charge on any atom is -0.379 e. The maximum absolute atomic E-state index is 13.7. The van der Waals surface area contributed by atoms with Crippen LogP contribution in [0.2, 0.25) is 0 Å². The molecule has 1 aliphatic heterocycles. The third-order valence-electron chi connectivity index (χ3n) is 8.91. The van der Waals surface area contributed by atoms with E-state index in [1.165, 1.54) is 29.1 Å². The van der Waals surface area contributed by atoms with Crippen molar-refractivity contribution in [2.24, 2.45) is 17.3 Å². The highest BCUT2D eigenvalue weighted by Gasteiger charge is 2.60. The Kier molecular flexibility index (Phi) is 5.78. The third-order valence-corrected chi connectivity index (χ3v) is 10.8. The van der Waals surface area contributed by atoms with E-state index in [1.807, 2.05) is 12.1 Å². The van der Waals surface area contributed by atoms with Gasteiger partial charge in [-0.3, -0.25) is 4.79 Å². The molecule has 1 N–H and O–H groups in total. The van der Waals surface area contributed by atoms with Gasteiger partial charge in [-0.05, 0) is 79.0 Å². The van der Waals surface area contributed by atoms with Crippen LogP contribution >= 0.6 is 0 Å². The average molecular weight is 495 g/mol. The molecule has 0 aromatic heterocycles. The lowest BCUT2D eigenvalue weighted by atomic mass is 9.42. The van der Waals surface area contributed by atoms with Crippen molar-refractivity contribution in [2.45, 2.75) is 55.4 Å². The molecule has 6 nitrogen and oxygen atoms in total. The zero-order valence-electron chi connectivity index (χ0n) is 20.1. The summed E-state index contributed by atoms with van der Waals surface area (Å²) in [6.07, 6.45) is 6.63. The van der Waals surface area contributed by atoms with Crippen molar-refractivity contribution in [2.75, 3.05) is 26.3 Å². The summed E-state index contributed by atoms with van der Waals surface area (Å²) in [5.41, 5.74) is 2.18. The van der Waals surface area contributed by atoms with Crippen molar-refractivity contribution in [3.63, 3.8) is 0 Å². The Balaban J connectivity index is 1.15. The van der Waals surface area contributed by atoms with Crippen LogP contribution in [0.1, 0.15) is 49.7 Å². The first-order valence-corrected chi connectivity index (χ1v) is 14.3. The van der Waals surface area contributed by atoms with Gasteiger partial charge in [0.05, 0.1) is 23.5 Å². The van der Waals surface area contributed by atoms with Crippen LogP contribution in [0, 0.1) is 17.3 Å². The monoisotopic (exact) mass is 494 g/mol. The number of hydrogen-bond acceptors (Lipinski definition) is 4. The lowest BCUT2D eigenvalue weighted by molar-refractivity contribution is -0.149. The van der Waals surface area contributed by atoms with Gasteiger partial charge in [0.2, 0.25) is 15.9 Å². The van der Waals surface area contributed by atoms with Gasteiger partial charge in [-0.25, -0.2) is 8.42 Å². The van der Waals surface area contributed by atoms with Crippen LogP contribution in [-0.2, 0) is 31.5 Å². The third kappa shape index (κ3) is 4.11. The molecule has 7 heteroatoms. The van der Waals surface area contributed by atoms with Crippen LogP contribution in [0.3, 0.4) is 0 Å². The van der Waals surface area contributed by atoms with Crippen molar-refractivity contribution < 1.29 is 17.9 Å². The van der Waals surface area contributed by atoms with Crippen LogP contribution in [0.15, 0.2) is 59.5 Å². The Morgan fingerprint density at radius 3 is 2.26 bits per heavy atom.